The van der Waals surface area contributed by atoms with Crippen LogP contribution in [0.1, 0.15) is 12.5 Å². The molecule has 0 heterocycles. The zero-order chi connectivity index (χ0) is 15.8. The Morgan fingerprint density at radius 2 is 1.75 bits per heavy atom. The minimum absolute atomic E-state index is 0.00463. The average molecular weight is 287 g/mol. The molecule has 0 aromatic heterocycles. The molecule has 0 aliphatic heterocycles. The fourth-order valence-electron chi connectivity index (χ4n) is 0.883. The second kappa shape index (κ2) is 7.78. The summed E-state index contributed by atoms with van der Waals surface area (Å²) in [5.41, 5.74) is -0.169. The highest BCUT2D eigenvalue weighted by atomic mass is 19.4. The SMILES string of the molecule is CNC(C)=O.N#Cc1ccccc1NC(=O)C(F)(F)F. The zero-order valence-electron chi connectivity index (χ0n) is 10.7. The van der Waals surface area contributed by atoms with Crippen molar-refractivity contribution in [2.75, 3.05) is 12.4 Å². The number of amides is 2. The summed E-state index contributed by atoms with van der Waals surface area (Å²) in [4.78, 5) is 20.3. The summed E-state index contributed by atoms with van der Waals surface area (Å²) in [6, 6.07) is 7.12. The second-order valence-corrected chi connectivity index (χ2v) is 3.42. The molecule has 0 saturated heterocycles. The molecule has 1 aromatic carbocycles. The molecule has 0 saturated carbocycles. The number of carbonyl (C=O) groups is 2. The smallest absolute Gasteiger partial charge is 0.359 e. The van der Waals surface area contributed by atoms with Gasteiger partial charge in [0.15, 0.2) is 0 Å². The van der Waals surface area contributed by atoms with Crippen molar-refractivity contribution in [3.8, 4) is 6.07 Å². The third kappa shape index (κ3) is 6.39. The van der Waals surface area contributed by atoms with Gasteiger partial charge >= 0.3 is 12.1 Å². The second-order valence-electron chi connectivity index (χ2n) is 3.42. The maximum absolute atomic E-state index is 11.9. The van der Waals surface area contributed by atoms with Crippen molar-refractivity contribution in [2.24, 2.45) is 0 Å². The van der Waals surface area contributed by atoms with Crippen LogP contribution in [0.3, 0.4) is 0 Å². The molecule has 108 valence electrons. The first-order chi connectivity index (χ1) is 9.22. The van der Waals surface area contributed by atoms with Gasteiger partial charge in [0.05, 0.1) is 11.3 Å². The third-order valence-corrected chi connectivity index (χ3v) is 1.91. The van der Waals surface area contributed by atoms with Crippen LogP contribution in [0.5, 0.6) is 0 Å². The van der Waals surface area contributed by atoms with Crippen LogP contribution < -0.4 is 10.6 Å². The lowest BCUT2D eigenvalue weighted by atomic mass is 10.2. The third-order valence-electron chi connectivity index (χ3n) is 1.91. The molecule has 20 heavy (non-hydrogen) atoms. The Hall–Kier alpha value is -2.56. The minimum Gasteiger partial charge on any atom is -0.359 e. The van der Waals surface area contributed by atoms with Crippen LogP contribution in [0, 0.1) is 11.3 Å². The Kier molecular flexibility index (Phi) is 6.79. The van der Waals surface area contributed by atoms with Gasteiger partial charge in [0, 0.05) is 14.0 Å². The Labute approximate surface area is 113 Å². The summed E-state index contributed by atoms with van der Waals surface area (Å²) in [5.74, 6) is -2.09. The molecule has 1 aromatic rings. The van der Waals surface area contributed by atoms with Crippen LogP contribution in [-0.4, -0.2) is 25.0 Å². The quantitative estimate of drug-likeness (QED) is 0.826. The summed E-state index contributed by atoms with van der Waals surface area (Å²) in [6.45, 7) is 1.47. The van der Waals surface area contributed by atoms with E-state index in [1.807, 2.05) is 0 Å². The van der Waals surface area contributed by atoms with E-state index in [0.717, 1.165) is 0 Å². The number of hydrogen-bond donors (Lipinski definition) is 2. The Morgan fingerprint density at radius 1 is 1.25 bits per heavy atom. The van der Waals surface area contributed by atoms with Gasteiger partial charge < -0.3 is 10.6 Å². The van der Waals surface area contributed by atoms with Crippen molar-refractivity contribution in [1.29, 1.82) is 5.26 Å². The van der Waals surface area contributed by atoms with Gasteiger partial charge in [-0.1, -0.05) is 12.1 Å². The number of nitrogens with one attached hydrogen (secondary N) is 2. The fraction of sp³-hybridized carbons (Fsp3) is 0.250. The monoisotopic (exact) mass is 287 g/mol. The largest absolute Gasteiger partial charge is 0.471 e. The van der Waals surface area contributed by atoms with Gasteiger partial charge in [-0.15, -0.1) is 0 Å². The number of nitrogens with zero attached hydrogens (tertiary/aromatic N) is 1. The lowest BCUT2D eigenvalue weighted by molar-refractivity contribution is -0.167. The minimum atomic E-state index is -4.96. The van der Waals surface area contributed by atoms with E-state index in [4.69, 9.17) is 5.26 Å². The predicted molar refractivity (Wildman–Crippen MR) is 65.6 cm³/mol. The predicted octanol–water partition coefficient (Wildman–Crippen LogP) is 1.81. The summed E-state index contributed by atoms with van der Waals surface area (Å²) < 4.78 is 35.6. The number of nitriles is 1. The number of carbonyl (C=O) groups excluding carboxylic acids is 2. The molecule has 0 atom stereocenters. The van der Waals surface area contributed by atoms with Crippen LogP contribution in [0.2, 0.25) is 0 Å². The number of rotatable bonds is 1. The standard InChI is InChI=1S/C9H5F3N2O.C3H7NO/c10-9(11,12)8(15)14-7-4-2-1-3-6(7)5-13;1-3(5)4-2/h1-4H,(H,14,15);1-2H3,(H,4,5). The molecular weight excluding hydrogens is 275 g/mol. The van der Waals surface area contributed by atoms with Crippen LogP contribution in [-0.2, 0) is 9.59 Å². The van der Waals surface area contributed by atoms with Gasteiger partial charge in [0.1, 0.15) is 6.07 Å². The number of benzene rings is 1. The maximum atomic E-state index is 11.9. The first-order valence-corrected chi connectivity index (χ1v) is 5.28. The van der Waals surface area contributed by atoms with Crippen molar-refractivity contribution < 1.29 is 22.8 Å². The van der Waals surface area contributed by atoms with Gasteiger partial charge in [-0.3, -0.25) is 9.59 Å². The molecule has 0 unspecified atom stereocenters. The normalized spacial score (nSPS) is 9.60. The fourth-order valence-corrected chi connectivity index (χ4v) is 0.883. The molecule has 2 N–H and O–H groups in total. The molecule has 0 aliphatic rings. The van der Waals surface area contributed by atoms with Gasteiger partial charge in [0.25, 0.3) is 0 Å². The van der Waals surface area contributed by atoms with Crippen LogP contribution >= 0.6 is 0 Å². The van der Waals surface area contributed by atoms with Crippen LogP contribution in [0.4, 0.5) is 18.9 Å². The van der Waals surface area contributed by atoms with E-state index in [1.54, 1.807) is 18.4 Å². The van der Waals surface area contributed by atoms with Crippen molar-refractivity contribution in [2.45, 2.75) is 13.1 Å². The van der Waals surface area contributed by atoms with Crippen LogP contribution in [0.15, 0.2) is 24.3 Å². The molecule has 0 fully saturated rings. The first kappa shape index (κ1) is 17.4. The summed E-state index contributed by atoms with van der Waals surface area (Å²) in [6.07, 6.45) is -4.96. The van der Waals surface area contributed by atoms with Crippen molar-refractivity contribution in [3.05, 3.63) is 29.8 Å². The number of halogens is 3. The summed E-state index contributed by atoms with van der Waals surface area (Å²) in [5, 5.41) is 12.6. The van der Waals surface area contributed by atoms with Gasteiger partial charge in [0.2, 0.25) is 5.91 Å². The van der Waals surface area contributed by atoms with E-state index >= 15 is 0 Å². The summed E-state index contributed by atoms with van der Waals surface area (Å²) >= 11 is 0. The highest BCUT2D eigenvalue weighted by Gasteiger charge is 2.38. The van der Waals surface area contributed by atoms with E-state index < -0.39 is 12.1 Å². The van der Waals surface area contributed by atoms with Crippen molar-refractivity contribution in [3.63, 3.8) is 0 Å². The van der Waals surface area contributed by atoms with E-state index in [2.05, 4.69) is 5.32 Å². The number of alkyl halides is 3. The van der Waals surface area contributed by atoms with Crippen LogP contribution in [0.25, 0.3) is 0 Å². The average Bonchev–Trinajstić information content (AvgIpc) is 2.39. The molecule has 2 amide bonds. The molecule has 0 aliphatic carbocycles. The first-order valence-electron chi connectivity index (χ1n) is 5.28. The Balaban J connectivity index is 0.000000621. The van der Waals surface area contributed by atoms with E-state index in [9.17, 15) is 22.8 Å². The Bertz CT molecular complexity index is 521. The zero-order valence-corrected chi connectivity index (χ0v) is 10.7. The van der Waals surface area contributed by atoms with E-state index in [1.165, 1.54) is 31.2 Å². The highest BCUT2D eigenvalue weighted by Crippen LogP contribution is 2.20. The number of anilines is 1. The number of hydrogen-bond acceptors (Lipinski definition) is 3. The maximum Gasteiger partial charge on any atom is 0.471 e. The van der Waals surface area contributed by atoms with Gasteiger partial charge in [-0.25, -0.2) is 0 Å². The molecule has 8 heteroatoms. The number of para-hydroxylation sites is 1. The molecule has 1 rings (SSSR count). The summed E-state index contributed by atoms with van der Waals surface area (Å²) in [7, 11) is 1.60. The van der Waals surface area contributed by atoms with Gasteiger partial charge in [-0.05, 0) is 12.1 Å². The van der Waals surface area contributed by atoms with Crippen molar-refractivity contribution >= 4 is 17.5 Å². The molecule has 0 spiro atoms. The highest BCUT2D eigenvalue weighted by molar-refractivity contribution is 5.95. The van der Waals surface area contributed by atoms with Gasteiger partial charge in [-0.2, -0.15) is 18.4 Å². The Morgan fingerprint density at radius 3 is 2.15 bits per heavy atom. The molecular formula is C12H12F3N3O2. The van der Waals surface area contributed by atoms with E-state index in [-0.39, 0.29) is 17.2 Å². The van der Waals surface area contributed by atoms with E-state index in [0.29, 0.717) is 0 Å². The molecule has 5 nitrogen and oxygen atoms in total. The topological polar surface area (TPSA) is 82.0 Å². The molecule has 0 radical (unpaired) electrons. The lowest BCUT2D eigenvalue weighted by Gasteiger charge is -2.08. The van der Waals surface area contributed by atoms with Crippen molar-refractivity contribution in [1.82, 2.24) is 5.32 Å². The lowest BCUT2D eigenvalue weighted by Crippen LogP contribution is -2.30. The molecule has 0 bridgehead atoms.